The Kier molecular flexibility index (Phi) is 2.97. The molecular formula is C11H8N2O3S. The highest BCUT2D eigenvalue weighted by atomic mass is 32.2. The quantitative estimate of drug-likeness (QED) is 0.767. The summed E-state index contributed by atoms with van der Waals surface area (Å²) in [5, 5.41) is 1.75. The monoisotopic (exact) mass is 248 g/mol. The number of nitrogens with two attached hydrogens (primary N) is 1. The predicted molar refractivity (Wildman–Crippen MR) is 64.1 cm³/mol. The molecule has 0 bridgehead atoms. The fourth-order valence-corrected chi connectivity index (χ4v) is 2.04. The molecule has 0 spiro atoms. The second-order valence-electron chi connectivity index (χ2n) is 3.34. The van der Waals surface area contributed by atoms with Gasteiger partial charge in [0.05, 0.1) is 4.91 Å². The number of amides is 3. The van der Waals surface area contributed by atoms with E-state index in [2.05, 4.69) is 5.32 Å². The second kappa shape index (κ2) is 4.42. The molecule has 1 saturated heterocycles. The Morgan fingerprint density at radius 3 is 2.71 bits per heavy atom. The van der Waals surface area contributed by atoms with Crippen molar-refractivity contribution in [3.05, 3.63) is 40.3 Å². The molecule has 0 atom stereocenters. The number of benzene rings is 1. The van der Waals surface area contributed by atoms with Gasteiger partial charge < -0.3 is 5.73 Å². The summed E-state index contributed by atoms with van der Waals surface area (Å²) in [7, 11) is 0. The minimum atomic E-state index is -0.537. The van der Waals surface area contributed by atoms with Gasteiger partial charge in [0.2, 0.25) is 5.91 Å². The third-order valence-electron chi connectivity index (χ3n) is 2.11. The van der Waals surface area contributed by atoms with Crippen molar-refractivity contribution in [1.82, 2.24) is 5.32 Å². The molecule has 1 aromatic rings. The standard InChI is InChI=1S/C11H8N2O3S/c12-9(14)7-3-1-2-6(4-7)5-8-10(15)13-11(16)17-8/h1-5H,(H2,12,14)(H,13,15,16)/b8-5-. The van der Waals surface area contributed by atoms with Crippen molar-refractivity contribution in [3.8, 4) is 0 Å². The van der Waals surface area contributed by atoms with Crippen LogP contribution in [0.2, 0.25) is 0 Å². The van der Waals surface area contributed by atoms with Crippen LogP contribution in [0.1, 0.15) is 15.9 Å². The van der Waals surface area contributed by atoms with Crippen LogP contribution in [0.25, 0.3) is 6.08 Å². The Bertz CT molecular complexity index is 551. The minimum Gasteiger partial charge on any atom is -0.366 e. The Labute approximate surface area is 101 Å². The molecule has 2 rings (SSSR count). The first-order valence-corrected chi connectivity index (χ1v) is 5.52. The predicted octanol–water partition coefficient (Wildman–Crippen LogP) is 1.11. The lowest BCUT2D eigenvalue weighted by Gasteiger charge is -1.98. The van der Waals surface area contributed by atoms with Crippen LogP contribution in [0.4, 0.5) is 4.79 Å². The van der Waals surface area contributed by atoms with Crippen molar-refractivity contribution >= 4 is 34.9 Å². The first-order valence-electron chi connectivity index (χ1n) is 4.71. The number of carbonyl (C=O) groups excluding carboxylic acids is 3. The Hall–Kier alpha value is -2.08. The van der Waals surface area contributed by atoms with E-state index in [0.717, 1.165) is 11.8 Å². The van der Waals surface area contributed by atoms with Crippen molar-refractivity contribution < 1.29 is 14.4 Å². The van der Waals surface area contributed by atoms with E-state index in [9.17, 15) is 14.4 Å². The van der Waals surface area contributed by atoms with Crippen LogP contribution in [0.15, 0.2) is 29.2 Å². The SMILES string of the molecule is NC(=O)c1cccc(/C=C2\SC(=O)NC2=O)c1. The van der Waals surface area contributed by atoms with Crippen LogP contribution in [-0.2, 0) is 4.79 Å². The number of thioether (sulfide) groups is 1. The zero-order chi connectivity index (χ0) is 12.4. The largest absolute Gasteiger partial charge is 0.366 e. The second-order valence-corrected chi connectivity index (χ2v) is 4.36. The summed E-state index contributed by atoms with van der Waals surface area (Å²) in [4.78, 5) is 33.5. The van der Waals surface area contributed by atoms with Crippen LogP contribution in [0.5, 0.6) is 0 Å². The van der Waals surface area contributed by atoms with E-state index in [-0.39, 0.29) is 0 Å². The molecule has 1 heterocycles. The van der Waals surface area contributed by atoms with Crippen molar-refractivity contribution in [1.29, 1.82) is 0 Å². The summed E-state index contributed by atoms with van der Waals surface area (Å²) in [6.45, 7) is 0. The maximum atomic E-state index is 11.3. The molecule has 6 heteroatoms. The average molecular weight is 248 g/mol. The van der Waals surface area contributed by atoms with Gasteiger partial charge in [-0.1, -0.05) is 12.1 Å². The van der Waals surface area contributed by atoms with E-state index in [0.29, 0.717) is 16.0 Å². The Morgan fingerprint density at radius 2 is 2.12 bits per heavy atom. The number of hydrogen-bond donors (Lipinski definition) is 2. The fraction of sp³-hybridized carbons (Fsp3) is 0. The maximum absolute atomic E-state index is 11.3. The fourth-order valence-electron chi connectivity index (χ4n) is 1.35. The smallest absolute Gasteiger partial charge is 0.290 e. The molecule has 1 fully saturated rings. The molecule has 0 aliphatic carbocycles. The van der Waals surface area contributed by atoms with Crippen molar-refractivity contribution in [2.75, 3.05) is 0 Å². The highest BCUT2D eigenvalue weighted by molar-refractivity contribution is 8.18. The zero-order valence-corrected chi connectivity index (χ0v) is 9.41. The molecule has 17 heavy (non-hydrogen) atoms. The number of primary amides is 1. The van der Waals surface area contributed by atoms with Gasteiger partial charge in [0.25, 0.3) is 11.1 Å². The number of nitrogens with one attached hydrogen (secondary N) is 1. The number of imide groups is 1. The lowest BCUT2D eigenvalue weighted by molar-refractivity contribution is -0.115. The van der Waals surface area contributed by atoms with E-state index in [4.69, 9.17) is 5.73 Å². The van der Waals surface area contributed by atoms with E-state index < -0.39 is 17.1 Å². The van der Waals surface area contributed by atoms with E-state index in [1.165, 1.54) is 6.08 Å². The summed E-state index contributed by atoms with van der Waals surface area (Å²) in [5.41, 5.74) is 6.14. The minimum absolute atomic E-state index is 0.302. The lowest BCUT2D eigenvalue weighted by atomic mass is 10.1. The van der Waals surface area contributed by atoms with Crippen LogP contribution in [0.3, 0.4) is 0 Å². The molecule has 5 nitrogen and oxygen atoms in total. The van der Waals surface area contributed by atoms with Gasteiger partial charge in [0.1, 0.15) is 0 Å². The first kappa shape index (κ1) is 11.4. The molecule has 1 aliphatic heterocycles. The third-order valence-corrected chi connectivity index (χ3v) is 2.92. The summed E-state index contributed by atoms with van der Waals surface area (Å²) in [5.74, 6) is -0.964. The van der Waals surface area contributed by atoms with Crippen LogP contribution >= 0.6 is 11.8 Å². The Balaban J connectivity index is 2.33. The third kappa shape index (κ3) is 2.54. The molecular weight excluding hydrogens is 240 g/mol. The van der Waals surface area contributed by atoms with Gasteiger partial charge in [0, 0.05) is 5.56 Å². The summed E-state index contributed by atoms with van der Waals surface area (Å²) < 4.78 is 0. The van der Waals surface area contributed by atoms with Gasteiger partial charge in [-0.2, -0.15) is 0 Å². The van der Waals surface area contributed by atoms with Crippen LogP contribution in [0, 0.1) is 0 Å². The number of rotatable bonds is 2. The number of carbonyl (C=O) groups is 3. The Morgan fingerprint density at radius 1 is 1.35 bits per heavy atom. The molecule has 0 radical (unpaired) electrons. The normalized spacial score (nSPS) is 17.3. The topological polar surface area (TPSA) is 89.3 Å². The molecule has 1 aliphatic rings. The van der Waals surface area contributed by atoms with Gasteiger partial charge in [0.15, 0.2) is 0 Å². The van der Waals surface area contributed by atoms with Gasteiger partial charge in [-0.15, -0.1) is 0 Å². The van der Waals surface area contributed by atoms with Gasteiger partial charge in [-0.3, -0.25) is 19.7 Å². The maximum Gasteiger partial charge on any atom is 0.290 e. The van der Waals surface area contributed by atoms with E-state index in [1.54, 1.807) is 24.3 Å². The highest BCUT2D eigenvalue weighted by Gasteiger charge is 2.24. The van der Waals surface area contributed by atoms with E-state index in [1.807, 2.05) is 0 Å². The first-order chi connectivity index (χ1) is 8.06. The van der Waals surface area contributed by atoms with E-state index >= 15 is 0 Å². The summed E-state index contributed by atoms with van der Waals surface area (Å²) in [6, 6.07) is 6.52. The molecule has 3 N–H and O–H groups in total. The van der Waals surface area contributed by atoms with Crippen LogP contribution in [-0.4, -0.2) is 17.1 Å². The van der Waals surface area contributed by atoms with Gasteiger partial charge in [-0.25, -0.2) is 0 Å². The highest BCUT2D eigenvalue weighted by Crippen LogP contribution is 2.25. The summed E-state index contributed by atoms with van der Waals surface area (Å²) in [6.07, 6.45) is 1.54. The average Bonchev–Trinajstić information content (AvgIpc) is 2.58. The zero-order valence-electron chi connectivity index (χ0n) is 8.60. The molecule has 86 valence electrons. The van der Waals surface area contributed by atoms with Crippen molar-refractivity contribution in [2.24, 2.45) is 5.73 Å². The molecule has 0 unspecified atom stereocenters. The lowest BCUT2D eigenvalue weighted by Crippen LogP contribution is -2.17. The van der Waals surface area contributed by atoms with Crippen LogP contribution < -0.4 is 11.1 Å². The molecule has 0 saturated carbocycles. The van der Waals surface area contributed by atoms with Gasteiger partial charge in [-0.05, 0) is 35.5 Å². The number of hydrogen-bond acceptors (Lipinski definition) is 4. The summed E-state index contributed by atoms with van der Waals surface area (Å²) >= 11 is 0.828. The molecule has 0 aromatic heterocycles. The van der Waals surface area contributed by atoms with Gasteiger partial charge >= 0.3 is 0 Å². The molecule has 1 aromatic carbocycles. The molecule has 3 amide bonds. The van der Waals surface area contributed by atoms with Crippen molar-refractivity contribution in [3.63, 3.8) is 0 Å². The van der Waals surface area contributed by atoms with Crippen molar-refractivity contribution in [2.45, 2.75) is 0 Å².